The minimum Gasteiger partial charge on any atom is -0.381 e. The quantitative estimate of drug-likeness (QED) is 0.796. The van der Waals surface area contributed by atoms with E-state index in [1.54, 1.807) is 0 Å². The highest BCUT2D eigenvalue weighted by Gasteiger charge is 2.22. The maximum Gasteiger partial charge on any atom is 0.231 e. The van der Waals surface area contributed by atoms with Crippen LogP contribution in [0.3, 0.4) is 0 Å². The van der Waals surface area contributed by atoms with Crippen molar-refractivity contribution >= 4 is 11.7 Å². The Bertz CT molecular complexity index is 381. The minimum atomic E-state index is -0.0369. The van der Waals surface area contributed by atoms with E-state index in [9.17, 15) is 4.79 Å². The van der Waals surface area contributed by atoms with Crippen molar-refractivity contribution in [2.75, 3.05) is 18.5 Å². The molecule has 2 N–H and O–H groups in total. The molecule has 1 aromatic rings. The molecule has 0 aromatic carbocycles. The summed E-state index contributed by atoms with van der Waals surface area (Å²) in [4.78, 5) is 11.9. The Morgan fingerprint density at radius 2 is 2.38 bits per heavy atom. The van der Waals surface area contributed by atoms with Crippen LogP contribution in [0.2, 0.25) is 0 Å². The summed E-state index contributed by atoms with van der Waals surface area (Å²) in [5, 5.41) is 9.74. The SMILES string of the molecule is Cc1[nH]nc(NC(=O)C2CCCOC2)c1C. The molecular formula is C11H17N3O2. The van der Waals surface area contributed by atoms with E-state index in [-0.39, 0.29) is 11.8 Å². The number of ether oxygens (including phenoxy) is 1. The average molecular weight is 223 g/mol. The van der Waals surface area contributed by atoms with Gasteiger partial charge in [-0.2, -0.15) is 5.10 Å². The number of nitrogens with one attached hydrogen (secondary N) is 2. The van der Waals surface area contributed by atoms with E-state index >= 15 is 0 Å². The lowest BCUT2D eigenvalue weighted by Gasteiger charge is -2.20. The lowest BCUT2D eigenvalue weighted by atomic mass is 10.0. The highest BCUT2D eigenvalue weighted by Crippen LogP contribution is 2.18. The fourth-order valence-corrected chi connectivity index (χ4v) is 1.77. The fourth-order valence-electron chi connectivity index (χ4n) is 1.77. The molecule has 88 valence electrons. The van der Waals surface area contributed by atoms with Crippen LogP contribution in [0.4, 0.5) is 5.82 Å². The van der Waals surface area contributed by atoms with Gasteiger partial charge in [-0.15, -0.1) is 0 Å². The van der Waals surface area contributed by atoms with Crippen LogP contribution in [0.1, 0.15) is 24.1 Å². The zero-order valence-corrected chi connectivity index (χ0v) is 9.67. The van der Waals surface area contributed by atoms with Crippen LogP contribution in [-0.4, -0.2) is 29.3 Å². The first kappa shape index (κ1) is 11.1. The van der Waals surface area contributed by atoms with E-state index in [4.69, 9.17) is 4.74 Å². The van der Waals surface area contributed by atoms with Gasteiger partial charge in [-0.1, -0.05) is 0 Å². The van der Waals surface area contributed by atoms with Gasteiger partial charge >= 0.3 is 0 Å². The number of carbonyl (C=O) groups excluding carboxylic acids is 1. The second-order valence-corrected chi connectivity index (χ2v) is 4.23. The highest BCUT2D eigenvalue weighted by molar-refractivity contribution is 5.92. The van der Waals surface area contributed by atoms with E-state index in [0.29, 0.717) is 12.4 Å². The van der Waals surface area contributed by atoms with E-state index in [1.807, 2.05) is 13.8 Å². The average Bonchev–Trinajstić information content (AvgIpc) is 2.62. The first-order chi connectivity index (χ1) is 7.68. The second-order valence-electron chi connectivity index (χ2n) is 4.23. The van der Waals surface area contributed by atoms with Crippen molar-refractivity contribution in [3.8, 4) is 0 Å². The number of anilines is 1. The number of aromatic nitrogens is 2. The minimum absolute atomic E-state index is 0.00861. The van der Waals surface area contributed by atoms with E-state index in [0.717, 1.165) is 30.7 Å². The molecular weight excluding hydrogens is 206 g/mol. The molecule has 16 heavy (non-hydrogen) atoms. The van der Waals surface area contributed by atoms with Gasteiger partial charge < -0.3 is 10.1 Å². The standard InChI is InChI=1S/C11H17N3O2/c1-7-8(2)13-14-10(7)12-11(15)9-4-3-5-16-6-9/h9H,3-6H2,1-2H3,(H2,12,13,14,15). The van der Waals surface area contributed by atoms with E-state index < -0.39 is 0 Å². The summed E-state index contributed by atoms with van der Waals surface area (Å²) in [6.45, 7) is 5.16. The van der Waals surface area contributed by atoms with Gasteiger partial charge in [0.15, 0.2) is 5.82 Å². The highest BCUT2D eigenvalue weighted by atomic mass is 16.5. The molecule has 1 saturated heterocycles. The van der Waals surface area contributed by atoms with Gasteiger partial charge in [0.25, 0.3) is 0 Å². The molecule has 1 aromatic heterocycles. The summed E-state index contributed by atoms with van der Waals surface area (Å²) in [5.74, 6) is 0.604. The molecule has 5 heteroatoms. The predicted octanol–water partition coefficient (Wildman–Crippen LogP) is 1.39. The van der Waals surface area contributed by atoms with Crippen molar-refractivity contribution in [2.45, 2.75) is 26.7 Å². The number of carbonyl (C=O) groups is 1. The van der Waals surface area contributed by atoms with Crippen molar-refractivity contribution in [3.05, 3.63) is 11.3 Å². The molecule has 0 saturated carbocycles. The molecule has 1 aliphatic heterocycles. The number of nitrogens with zero attached hydrogens (tertiary/aromatic N) is 1. The van der Waals surface area contributed by atoms with Gasteiger partial charge in [0.1, 0.15) is 0 Å². The van der Waals surface area contributed by atoms with Crippen LogP contribution in [0.25, 0.3) is 0 Å². The second kappa shape index (κ2) is 4.65. The number of hydrogen-bond donors (Lipinski definition) is 2. The van der Waals surface area contributed by atoms with Crippen LogP contribution >= 0.6 is 0 Å². The number of hydrogen-bond acceptors (Lipinski definition) is 3. The molecule has 0 bridgehead atoms. The lowest BCUT2D eigenvalue weighted by Crippen LogP contribution is -2.30. The third-order valence-corrected chi connectivity index (χ3v) is 3.03. The van der Waals surface area contributed by atoms with Gasteiger partial charge in [-0.3, -0.25) is 9.89 Å². The number of rotatable bonds is 2. The van der Waals surface area contributed by atoms with Crippen LogP contribution in [0.15, 0.2) is 0 Å². The molecule has 0 aliphatic carbocycles. The smallest absolute Gasteiger partial charge is 0.231 e. The largest absolute Gasteiger partial charge is 0.381 e. The van der Waals surface area contributed by atoms with Gasteiger partial charge in [0, 0.05) is 17.9 Å². The number of H-pyrrole nitrogens is 1. The normalized spacial score (nSPS) is 20.8. The van der Waals surface area contributed by atoms with Gasteiger partial charge in [-0.05, 0) is 26.7 Å². The van der Waals surface area contributed by atoms with Crippen molar-refractivity contribution in [1.29, 1.82) is 0 Å². The van der Waals surface area contributed by atoms with E-state index in [1.165, 1.54) is 0 Å². The molecule has 1 unspecified atom stereocenters. The maximum atomic E-state index is 11.9. The topological polar surface area (TPSA) is 67.0 Å². The Morgan fingerprint density at radius 1 is 1.56 bits per heavy atom. The summed E-state index contributed by atoms with van der Waals surface area (Å²) < 4.78 is 5.29. The van der Waals surface area contributed by atoms with Crippen LogP contribution in [0, 0.1) is 19.8 Å². The van der Waals surface area contributed by atoms with Gasteiger partial charge in [-0.25, -0.2) is 0 Å². The van der Waals surface area contributed by atoms with Crippen molar-refractivity contribution in [1.82, 2.24) is 10.2 Å². The summed E-state index contributed by atoms with van der Waals surface area (Å²) >= 11 is 0. The first-order valence-electron chi connectivity index (χ1n) is 5.58. The Hall–Kier alpha value is -1.36. The Kier molecular flexibility index (Phi) is 3.24. The Labute approximate surface area is 94.6 Å². The van der Waals surface area contributed by atoms with Gasteiger partial charge in [0.05, 0.1) is 12.5 Å². The molecule has 1 atom stereocenters. The Balaban J connectivity index is 1.98. The number of aryl methyl sites for hydroxylation is 1. The lowest BCUT2D eigenvalue weighted by molar-refractivity contribution is -0.123. The molecule has 5 nitrogen and oxygen atoms in total. The van der Waals surface area contributed by atoms with Crippen molar-refractivity contribution in [3.63, 3.8) is 0 Å². The monoisotopic (exact) mass is 223 g/mol. The zero-order valence-electron chi connectivity index (χ0n) is 9.67. The summed E-state index contributed by atoms with van der Waals surface area (Å²) in [5.41, 5.74) is 1.97. The van der Waals surface area contributed by atoms with Crippen LogP contribution in [0.5, 0.6) is 0 Å². The molecule has 1 fully saturated rings. The number of aromatic amines is 1. The van der Waals surface area contributed by atoms with Crippen LogP contribution < -0.4 is 5.32 Å². The molecule has 2 rings (SSSR count). The van der Waals surface area contributed by atoms with Gasteiger partial charge in [0.2, 0.25) is 5.91 Å². The predicted molar refractivity (Wildman–Crippen MR) is 60.2 cm³/mol. The van der Waals surface area contributed by atoms with Crippen molar-refractivity contribution < 1.29 is 9.53 Å². The van der Waals surface area contributed by atoms with E-state index in [2.05, 4.69) is 15.5 Å². The van der Waals surface area contributed by atoms with Crippen LogP contribution in [-0.2, 0) is 9.53 Å². The first-order valence-corrected chi connectivity index (χ1v) is 5.58. The molecule has 1 aliphatic rings. The third kappa shape index (κ3) is 2.24. The third-order valence-electron chi connectivity index (χ3n) is 3.03. The summed E-state index contributed by atoms with van der Waals surface area (Å²) in [6.07, 6.45) is 1.85. The maximum absolute atomic E-state index is 11.9. The summed E-state index contributed by atoms with van der Waals surface area (Å²) in [6, 6.07) is 0. The Morgan fingerprint density at radius 3 is 2.94 bits per heavy atom. The molecule has 1 amide bonds. The number of amides is 1. The molecule has 0 radical (unpaired) electrons. The molecule has 0 spiro atoms. The fraction of sp³-hybridized carbons (Fsp3) is 0.636. The molecule has 2 heterocycles. The van der Waals surface area contributed by atoms with Crippen molar-refractivity contribution in [2.24, 2.45) is 5.92 Å². The zero-order chi connectivity index (χ0) is 11.5. The summed E-state index contributed by atoms with van der Waals surface area (Å²) in [7, 11) is 0.